The number of nitrogens with one attached hydrogen (secondary N) is 1. The zero-order chi connectivity index (χ0) is 10.3. The zero-order valence-corrected chi connectivity index (χ0v) is 9.09. The molecule has 1 aliphatic rings. The predicted octanol–water partition coefficient (Wildman–Crippen LogP) is 0.875. The van der Waals surface area contributed by atoms with Gasteiger partial charge in [-0.1, -0.05) is 6.92 Å². The molecule has 0 saturated carbocycles. The molecular formula is C9H22N2O2. The molecule has 4 heteroatoms. The maximum absolute atomic E-state index is 5.50. The highest BCUT2D eigenvalue weighted by Crippen LogP contribution is 2.30. The Morgan fingerprint density at radius 2 is 2.15 bits per heavy atom. The van der Waals surface area contributed by atoms with E-state index in [9.17, 15) is 0 Å². The first-order valence-electron chi connectivity index (χ1n) is 4.67. The van der Waals surface area contributed by atoms with Crippen LogP contribution < -0.4 is 11.3 Å². The molecule has 4 nitrogen and oxygen atoms in total. The zero-order valence-electron chi connectivity index (χ0n) is 9.09. The minimum Gasteiger partial charge on any atom is -0.353 e. The van der Waals surface area contributed by atoms with Crippen molar-refractivity contribution in [2.24, 2.45) is 11.8 Å². The Labute approximate surface area is 80.7 Å². The second-order valence-corrected chi connectivity index (χ2v) is 3.40. The number of hydrogen-bond acceptors (Lipinski definition) is 4. The Morgan fingerprint density at radius 1 is 1.62 bits per heavy atom. The van der Waals surface area contributed by atoms with E-state index in [0.29, 0.717) is 5.92 Å². The van der Waals surface area contributed by atoms with E-state index < -0.39 is 0 Å². The lowest BCUT2D eigenvalue weighted by atomic mass is 9.94. The highest BCUT2D eigenvalue weighted by Gasteiger charge is 2.34. The molecular weight excluding hydrogens is 168 g/mol. The number of methoxy groups -OCH3 is 1. The highest BCUT2D eigenvalue weighted by molar-refractivity contribution is 4.74. The van der Waals surface area contributed by atoms with Crippen LogP contribution in [0.5, 0.6) is 0 Å². The maximum atomic E-state index is 5.50. The smallest absolute Gasteiger partial charge is 0.167 e. The number of hydrogen-bond donors (Lipinski definition) is 2. The van der Waals surface area contributed by atoms with Crippen molar-refractivity contribution in [3.8, 4) is 0 Å². The Hall–Kier alpha value is -0.160. The van der Waals surface area contributed by atoms with Gasteiger partial charge in [0.2, 0.25) is 0 Å². The summed E-state index contributed by atoms with van der Waals surface area (Å²) in [6.45, 7) is 5.02. The standard InChI is InChI=1S/C8H16O2.CH6N2/c1-7-5-4-6-10-8(7,2)9-3;1-3-2/h7H,4-6H2,1-3H3;3H,2H2,1H3. The van der Waals surface area contributed by atoms with Crippen molar-refractivity contribution >= 4 is 0 Å². The Balaban J connectivity index is 0.000000424. The Kier molecular flexibility index (Phi) is 6.24. The van der Waals surface area contributed by atoms with Crippen molar-refractivity contribution in [1.29, 1.82) is 0 Å². The second kappa shape index (κ2) is 6.32. The van der Waals surface area contributed by atoms with Crippen LogP contribution >= 0.6 is 0 Å². The number of nitrogens with two attached hydrogens (primary N) is 1. The summed E-state index contributed by atoms with van der Waals surface area (Å²) < 4.78 is 10.8. The third-order valence-corrected chi connectivity index (χ3v) is 2.47. The van der Waals surface area contributed by atoms with Crippen molar-refractivity contribution in [2.45, 2.75) is 32.5 Å². The summed E-state index contributed by atoms with van der Waals surface area (Å²) in [5.41, 5.74) is 2.25. The van der Waals surface area contributed by atoms with Crippen molar-refractivity contribution < 1.29 is 9.47 Å². The van der Waals surface area contributed by atoms with Gasteiger partial charge in [-0.3, -0.25) is 11.3 Å². The fraction of sp³-hybridized carbons (Fsp3) is 1.00. The van der Waals surface area contributed by atoms with Gasteiger partial charge in [0.1, 0.15) is 0 Å². The van der Waals surface area contributed by atoms with Gasteiger partial charge in [0.15, 0.2) is 5.79 Å². The quantitative estimate of drug-likeness (QED) is 0.476. The Bertz CT molecular complexity index is 133. The average molecular weight is 190 g/mol. The van der Waals surface area contributed by atoms with Crippen molar-refractivity contribution in [1.82, 2.24) is 5.43 Å². The summed E-state index contributed by atoms with van der Waals surface area (Å²) in [6, 6.07) is 0. The SMILES string of the molecule is CNN.COC1(C)OCCCC1C. The van der Waals surface area contributed by atoms with Gasteiger partial charge in [-0.05, 0) is 26.8 Å². The van der Waals surface area contributed by atoms with Crippen LogP contribution in [0.25, 0.3) is 0 Å². The highest BCUT2D eigenvalue weighted by atomic mass is 16.7. The molecule has 0 aromatic heterocycles. The first-order chi connectivity index (χ1) is 6.10. The van der Waals surface area contributed by atoms with Gasteiger partial charge in [0.05, 0.1) is 6.61 Å². The summed E-state index contributed by atoms with van der Waals surface area (Å²) >= 11 is 0. The van der Waals surface area contributed by atoms with E-state index in [1.165, 1.54) is 12.8 Å². The molecule has 0 spiro atoms. The fourth-order valence-electron chi connectivity index (χ4n) is 1.33. The van der Waals surface area contributed by atoms with Gasteiger partial charge in [-0.25, -0.2) is 0 Å². The molecule has 0 bridgehead atoms. The van der Waals surface area contributed by atoms with Gasteiger partial charge in [-0.2, -0.15) is 0 Å². The van der Waals surface area contributed by atoms with E-state index in [1.807, 2.05) is 6.92 Å². The molecule has 0 amide bonds. The first-order valence-corrected chi connectivity index (χ1v) is 4.67. The van der Waals surface area contributed by atoms with Crippen LogP contribution in [0.15, 0.2) is 0 Å². The van der Waals surface area contributed by atoms with Gasteiger partial charge in [0.25, 0.3) is 0 Å². The molecule has 1 rings (SSSR count). The van der Waals surface area contributed by atoms with E-state index in [1.54, 1.807) is 14.2 Å². The fourth-order valence-corrected chi connectivity index (χ4v) is 1.33. The monoisotopic (exact) mass is 190 g/mol. The van der Waals surface area contributed by atoms with E-state index in [-0.39, 0.29) is 5.79 Å². The molecule has 13 heavy (non-hydrogen) atoms. The van der Waals surface area contributed by atoms with E-state index >= 15 is 0 Å². The van der Waals surface area contributed by atoms with Gasteiger partial charge >= 0.3 is 0 Å². The third kappa shape index (κ3) is 4.04. The maximum Gasteiger partial charge on any atom is 0.167 e. The summed E-state index contributed by atoms with van der Waals surface area (Å²) in [5, 5.41) is 0. The lowest BCUT2D eigenvalue weighted by molar-refractivity contribution is -0.256. The molecule has 0 aromatic carbocycles. The molecule has 1 heterocycles. The van der Waals surface area contributed by atoms with Crippen molar-refractivity contribution in [2.75, 3.05) is 20.8 Å². The molecule has 1 aliphatic heterocycles. The van der Waals surface area contributed by atoms with Crippen LogP contribution in [0.3, 0.4) is 0 Å². The minimum atomic E-state index is -0.321. The lowest BCUT2D eigenvalue weighted by Gasteiger charge is -2.37. The largest absolute Gasteiger partial charge is 0.353 e. The number of rotatable bonds is 1. The molecule has 3 N–H and O–H groups in total. The molecule has 1 fully saturated rings. The van der Waals surface area contributed by atoms with Crippen LogP contribution in [0.4, 0.5) is 0 Å². The Morgan fingerprint density at radius 3 is 2.46 bits per heavy atom. The summed E-state index contributed by atoms with van der Waals surface area (Å²) in [6.07, 6.45) is 2.38. The van der Waals surface area contributed by atoms with Gasteiger partial charge in [-0.15, -0.1) is 0 Å². The predicted molar refractivity (Wildman–Crippen MR) is 53.0 cm³/mol. The third-order valence-electron chi connectivity index (χ3n) is 2.47. The molecule has 2 unspecified atom stereocenters. The second-order valence-electron chi connectivity index (χ2n) is 3.40. The normalized spacial score (nSPS) is 33.5. The van der Waals surface area contributed by atoms with E-state index in [2.05, 4.69) is 18.2 Å². The van der Waals surface area contributed by atoms with E-state index in [0.717, 1.165) is 6.61 Å². The van der Waals surface area contributed by atoms with E-state index in [4.69, 9.17) is 9.47 Å². The topological polar surface area (TPSA) is 56.5 Å². The van der Waals surface area contributed by atoms with Gasteiger partial charge in [0, 0.05) is 13.0 Å². The minimum absolute atomic E-state index is 0.321. The van der Waals surface area contributed by atoms with Crippen LogP contribution in [0.1, 0.15) is 26.7 Å². The molecule has 1 saturated heterocycles. The number of hydrazine groups is 1. The van der Waals surface area contributed by atoms with Crippen molar-refractivity contribution in [3.63, 3.8) is 0 Å². The summed E-state index contributed by atoms with van der Waals surface area (Å²) in [4.78, 5) is 0. The van der Waals surface area contributed by atoms with Crippen LogP contribution in [0, 0.1) is 5.92 Å². The molecule has 0 aliphatic carbocycles. The number of ether oxygens (including phenoxy) is 2. The van der Waals surface area contributed by atoms with Crippen LogP contribution in [-0.2, 0) is 9.47 Å². The first kappa shape index (κ1) is 12.8. The van der Waals surface area contributed by atoms with Crippen LogP contribution in [0.2, 0.25) is 0 Å². The van der Waals surface area contributed by atoms with Gasteiger partial charge < -0.3 is 9.47 Å². The lowest BCUT2D eigenvalue weighted by Crippen LogP contribution is -2.41. The molecule has 0 radical (unpaired) electrons. The molecule has 2 atom stereocenters. The molecule has 0 aromatic rings. The average Bonchev–Trinajstić information content (AvgIpc) is 2.12. The van der Waals surface area contributed by atoms with Crippen molar-refractivity contribution in [3.05, 3.63) is 0 Å². The molecule has 80 valence electrons. The summed E-state index contributed by atoms with van der Waals surface area (Å²) in [7, 11) is 3.36. The van der Waals surface area contributed by atoms with Crippen LogP contribution in [-0.4, -0.2) is 26.6 Å². The summed E-state index contributed by atoms with van der Waals surface area (Å²) in [5.74, 6) is 4.80.